The summed E-state index contributed by atoms with van der Waals surface area (Å²) in [4.78, 5) is 18.2. The van der Waals surface area contributed by atoms with Crippen LogP contribution in [0.25, 0.3) is 0 Å². The zero-order valence-corrected chi connectivity index (χ0v) is 7.94. The summed E-state index contributed by atoms with van der Waals surface area (Å²) in [5.41, 5.74) is 0.729. The van der Waals surface area contributed by atoms with Crippen molar-refractivity contribution in [3.63, 3.8) is 0 Å². The second kappa shape index (κ2) is 3.98. The fourth-order valence-corrected chi connectivity index (χ4v) is 0.916. The maximum Gasteiger partial charge on any atom is 0.217 e. The van der Waals surface area contributed by atoms with Crippen LogP contribution in [0.1, 0.15) is 30.2 Å². The van der Waals surface area contributed by atoms with Crippen LogP contribution < -0.4 is 4.74 Å². The largest absolute Gasteiger partial charge is 0.475 e. The summed E-state index contributed by atoms with van der Waals surface area (Å²) >= 11 is 0. The molecule has 1 rings (SSSR count). The quantitative estimate of drug-likeness (QED) is 0.659. The Morgan fingerprint density at radius 1 is 1.46 bits per heavy atom. The molecule has 0 unspecified atom stereocenters. The lowest BCUT2D eigenvalue weighted by atomic mass is 10.4. The van der Waals surface area contributed by atoms with Gasteiger partial charge >= 0.3 is 0 Å². The van der Waals surface area contributed by atoms with E-state index in [2.05, 4.69) is 9.97 Å². The van der Waals surface area contributed by atoms with Crippen LogP contribution in [0, 0.1) is 6.92 Å². The van der Waals surface area contributed by atoms with Crippen LogP contribution in [0.2, 0.25) is 0 Å². The molecule has 0 fully saturated rings. The summed E-state index contributed by atoms with van der Waals surface area (Å²) < 4.78 is 5.33. The van der Waals surface area contributed by atoms with Crippen LogP contribution in [0.15, 0.2) is 6.07 Å². The zero-order chi connectivity index (χ0) is 9.84. The number of aromatic nitrogens is 2. The molecule has 0 atom stereocenters. The smallest absolute Gasteiger partial charge is 0.217 e. The molecule has 13 heavy (non-hydrogen) atoms. The highest BCUT2D eigenvalue weighted by molar-refractivity contribution is 5.68. The van der Waals surface area contributed by atoms with Crippen molar-refractivity contribution < 1.29 is 9.53 Å². The van der Waals surface area contributed by atoms with Crippen molar-refractivity contribution in [2.75, 3.05) is 0 Å². The van der Waals surface area contributed by atoms with Crippen molar-refractivity contribution in [3.8, 4) is 5.88 Å². The third-order valence-corrected chi connectivity index (χ3v) is 1.31. The Labute approximate surface area is 77.0 Å². The molecule has 0 aliphatic heterocycles. The molecule has 0 spiro atoms. The zero-order valence-electron chi connectivity index (χ0n) is 7.94. The number of aryl methyl sites for hydroxylation is 1. The lowest BCUT2D eigenvalue weighted by molar-refractivity contribution is 0.111. The van der Waals surface area contributed by atoms with Gasteiger partial charge in [0.2, 0.25) is 5.88 Å². The molecular weight excluding hydrogens is 168 g/mol. The highest BCUT2D eigenvalue weighted by Crippen LogP contribution is 2.09. The van der Waals surface area contributed by atoms with Crippen molar-refractivity contribution in [2.45, 2.75) is 26.9 Å². The van der Waals surface area contributed by atoms with E-state index in [-0.39, 0.29) is 11.9 Å². The van der Waals surface area contributed by atoms with E-state index in [9.17, 15) is 4.79 Å². The molecule has 0 saturated carbocycles. The van der Waals surface area contributed by atoms with Gasteiger partial charge in [0.15, 0.2) is 12.1 Å². The number of hydrogen-bond donors (Lipinski definition) is 0. The van der Waals surface area contributed by atoms with Gasteiger partial charge in [-0.25, -0.2) is 4.98 Å². The first-order valence-corrected chi connectivity index (χ1v) is 4.09. The van der Waals surface area contributed by atoms with Crippen molar-refractivity contribution in [1.29, 1.82) is 0 Å². The van der Waals surface area contributed by atoms with Gasteiger partial charge in [0, 0.05) is 11.8 Å². The summed E-state index contributed by atoms with van der Waals surface area (Å²) in [6, 6.07) is 1.70. The van der Waals surface area contributed by atoms with Gasteiger partial charge in [0.05, 0.1) is 6.10 Å². The minimum atomic E-state index is 0.0498. The monoisotopic (exact) mass is 180 g/mol. The fraction of sp³-hybridized carbons (Fsp3) is 0.444. The topological polar surface area (TPSA) is 52.1 Å². The lowest BCUT2D eigenvalue weighted by Crippen LogP contribution is -2.08. The number of carbonyl (C=O) groups excluding carboxylic acids is 1. The van der Waals surface area contributed by atoms with Gasteiger partial charge in [0.1, 0.15) is 0 Å². The van der Waals surface area contributed by atoms with E-state index in [1.54, 1.807) is 13.0 Å². The molecule has 70 valence electrons. The van der Waals surface area contributed by atoms with E-state index < -0.39 is 0 Å². The third-order valence-electron chi connectivity index (χ3n) is 1.31. The molecule has 0 aliphatic carbocycles. The van der Waals surface area contributed by atoms with Gasteiger partial charge in [0.25, 0.3) is 0 Å². The molecule has 4 heteroatoms. The van der Waals surface area contributed by atoms with Gasteiger partial charge < -0.3 is 4.74 Å². The predicted octanol–water partition coefficient (Wildman–Crippen LogP) is 1.38. The molecule has 0 N–H and O–H groups in total. The first kappa shape index (κ1) is 9.64. The molecule has 0 radical (unpaired) electrons. The molecule has 0 saturated heterocycles. The second-order valence-corrected chi connectivity index (χ2v) is 2.99. The summed E-state index contributed by atoms with van der Waals surface area (Å²) in [5.74, 6) is 0.611. The van der Waals surface area contributed by atoms with E-state index >= 15 is 0 Å². The van der Waals surface area contributed by atoms with E-state index in [1.165, 1.54) is 0 Å². The Balaban J connectivity index is 2.94. The summed E-state index contributed by atoms with van der Waals surface area (Å²) in [7, 11) is 0. The molecule has 0 aromatic carbocycles. The maximum absolute atomic E-state index is 10.4. The summed E-state index contributed by atoms with van der Waals surface area (Å²) in [6.45, 7) is 5.60. The summed E-state index contributed by atoms with van der Waals surface area (Å²) in [6.07, 6.45) is 0.661. The standard InChI is InChI=1S/C9H12N2O2/c1-6(2)13-9-4-7(3)10-8(5-12)11-9/h4-6H,1-3H3. The third kappa shape index (κ3) is 2.82. The first-order chi connectivity index (χ1) is 6.11. The van der Waals surface area contributed by atoms with Crippen LogP contribution in [-0.4, -0.2) is 22.4 Å². The number of ether oxygens (including phenoxy) is 1. The molecule has 1 aromatic rings. The van der Waals surface area contributed by atoms with E-state index in [0.29, 0.717) is 12.2 Å². The summed E-state index contributed by atoms with van der Waals surface area (Å²) in [5, 5.41) is 0. The van der Waals surface area contributed by atoms with E-state index in [0.717, 1.165) is 5.69 Å². The van der Waals surface area contributed by atoms with Crippen LogP contribution >= 0.6 is 0 Å². The molecule has 1 aromatic heterocycles. The predicted molar refractivity (Wildman–Crippen MR) is 47.9 cm³/mol. The average molecular weight is 180 g/mol. The van der Waals surface area contributed by atoms with E-state index in [4.69, 9.17) is 4.74 Å². The van der Waals surface area contributed by atoms with Crippen LogP contribution in [0.4, 0.5) is 0 Å². The highest BCUT2D eigenvalue weighted by atomic mass is 16.5. The Hall–Kier alpha value is -1.45. The highest BCUT2D eigenvalue weighted by Gasteiger charge is 2.03. The molecule has 0 bridgehead atoms. The minimum absolute atomic E-state index is 0.0498. The van der Waals surface area contributed by atoms with Gasteiger partial charge in [-0.1, -0.05) is 0 Å². The SMILES string of the molecule is Cc1cc(OC(C)C)nc(C=O)n1. The van der Waals surface area contributed by atoms with Crippen molar-refractivity contribution in [2.24, 2.45) is 0 Å². The molecule has 4 nitrogen and oxygen atoms in total. The van der Waals surface area contributed by atoms with Crippen molar-refractivity contribution in [1.82, 2.24) is 9.97 Å². The number of carbonyl (C=O) groups is 1. The van der Waals surface area contributed by atoms with Crippen LogP contribution in [-0.2, 0) is 0 Å². The van der Waals surface area contributed by atoms with Gasteiger partial charge in [-0.2, -0.15) is 4.98 Å². The number of rotatable bonds is 3. The second-order valence-electron chi connectivity index (χ2n) is 2.99. The van der Waals surface area contributed by atoms with E-state index in [1.807, 2.05) is 13.8 Å². The Morgan fingerprint density at radius 2 is 2.15 bits per heavy atom. The van der Waals surface area contributed by atoms with Crippen LogP contribution in [0.3, 0.4) is 0 Å². The Morgan fingerprint density at radius 3 is 2.69 bits per heavy atom. The van der Waals surface area contributed by atoms with Gasteiger partial charge in [-0.15, -0.1) is 0 Å². The molecule has 0 amide bonds. The maximum atomic E-state index is 10.4. The number of aldehydes is 1. The Bertz CT molecular complexity index is 310. The number of hydrogen-bond acceptors (Lipinski definition) is 4. The van der Waals surface area contributed by atoms with Gasteiger partial charge in [-0.05, 0) is 20.8 Å². The minimum Gasteiger partial charge on any atom is -0.475 e. The molecule has 0 aliphatic rings. The normalized spacial score (nSPS) is 10.2. The fourth-order valence-electron chi connectivity index (χ4n) is 0.916. The lowest BCUT2D eigenvalue weighted by Gasteiger charge is -2.08. The molecular formula is C9H12N2O2. The molecule has 1 heterocycles. The average Bonchev–Trinajstić information content (AvgIpc) is 2.01. The Kier molecular flexibility index (Phi) is 2.95. The first-order valence-electron chi connectivity index (χ1n) is 4.09. The van der Waals surface area contributed by atoms with Crippen molar-refractivity contribution >= 4 is 6.29 Å². The van der Waals surface area contributed by atoms with Crippen LogP contribution in [0.5, 0.6) is 5.88 Å². The number of nitrogens with zero attached hydrogens (tertiary/aromatic N) is 2. The van der Waals surface area contributed by atoms with Gasteiger partial charge in [-0.3, -0.25) is 4.79 Å². The van der Waals surface area contributed by atoms with Crippen molar-refractivity contribution in [3.05, 3.63) is 17.6 Å².